The van der Waals surface area contributed by atoms with Crippen LogP contribution in [0.15, 0.2) is 60.7 Å². The molecule has 8 heteroatoms. The van der Waals surface area contributed by atoms with Crippen LogP contribution in [0.2, 0.25) is 0 Å². The van der Waals surface area contributed by atoms with Crippen molar-refractivity contribution in [2.45, 2.75) is 26.9 Å². The quantitative estimate of drug-likeness (QED) is 0.246. The van der Waals surface area contributed by atoms with Gasteiger partial charge in [-0.2, -0.15) is 0 Å². The molecule has 6 nitrogen and oxygen atoms in total. The van der Waals surface area contributed by atoms with Crippen LogP contribution in [0.4, 0.5) is 5.69 Å². The first kappa shape index (κ1) is 22.7. The lowest BCUT2D eigenvalue weighted by atomic mass is 10.1. The number of fused-ring (bicyclic) bond motifs is 1. The number of nitrogens with zero attached hydrogens (tertiary/aromatic N) is 1. The molecule has 3 N–H and O–H groups in total. The van der Waals surface area contributed by atoms with Gasteiger partial charge in [-0.05, 0) is 81.0 Å². The number of anilines is 1. The second kappa shape index (κ2) is 9.56. The van der Waals surface area contributed by atoms with Gasteiger partial charge in [-0.3, -0.25) is 10.1 Å². The van der Waals surface area contributed by atoms with Gasteiger partial charge in [-0.15, -0.1) is 11.3 Å². The van der Waals surface area contributed by atoms with Crippen LogP contribution in [0.5, 0.6) is 11.5 Å². The van der Waals surface area contributed by atoms with Crippen LogP contribution in [-0.4, -0.2) is 27.2 Å². The number of para-hydroxylation sites is 1. The number of hydrogen-bond donors (Lipinski definition) is 3. The van der Waals surface area contributed by atoms with Crippen molar-refractivity contribution in [2.75, 3.05) is 5.32 Å². The number of thiazole rings is 1. The summed E-state index contributed by atoms with van der Waals surface area (Å²) < 4.78 is 6.69. The summed E-state index contributed by atoms with van der Waals surface area (Å²) in [5, 5.41) is 17.2. The summed E-state index contributed by atoms with van der Waals surface area (Å²) in [4.78, 5) is 17.3. The van der Waals surface area contributed by atoms with E-state index in [1.165, 1.54) is 11.3 Å². The van der Waals surface area contributed by atoms with E-state index in [1.807, 2.05) is 38.1 Å². The number of carbonyl (C=O) groups excluding carboxylic acids is 1. The number of thiocarbonyl (C=S) groups is 1. The second-order valence-electron chi connectivity index (χ2n) is 7.78. The van der Waals surface area contributed by atoms with E-state index in [0.717, 1.165) is 10.2 Å². The predicted octanol–water partition coefficient (Wildman–Crippen LogP) is 5.89. The van der Waals surface area contributed by atoms with Gasteiger partial charge in [0.25, 0.3) is 5.91 Å². The Morgan fingerprint density at radius 3 is 2.67 bits per heavy atom. The molecule has 0 aliphatic heterocycles. The summed E-state index contributed by atoms with van der Waals surface area (Å²) in [7, 11) is 0. The fraction of sp³-hybridized carbons (Fsp3) is 0.160. The number of amides is 1. The summed E-state index contributed by atoms with van der Waals surface area (Å²) in [6.07, 6.45) is 0.00779. The number of carbonyl (C=O) groups is 1. The van der Waals surface area contributed by atoms with Crippen LogP contribution in [0.3, 0.4) is 0 Å². The van der Waals surface area contributed by atoms with Crippen molar-refractivity contribution in [3.63, 3.8) is 0 Å². The van der Waals surface area contributed by atoms with Crippen LogP contribution in [0.25, 0.3) is 20.8 Å². The van der Waals surface area contributed by atoms with Gasteiger partial charge < -0.3 is 15.2 Å². The highest BCUT2D eigenvalue weighted by Crippen LogP contribution is 2.38. The molecule has 0 aliphatic carbocycles. The summed E-state index contributed by atoms with van der Waals surface area (Å²) >= 11 is 6.85. The van der Waals surface area contributed by atoms with Crippen molar-refractivity contribution in [1.29, 1.82) is 0 Å². The summed E-state index contributed by atoms with van der Waals surface area (Å²) in [6.45, 7) is 5.65. The monoisotopic (exact) mass is 477 g/mol. The lowest BCUT2D eigenvalue weighted by Gasteiger charge is -2.14. The summed E-state index contributed by atoms with van der Waals surface area (Å²) in [6, 6.07) is 18.3. The minimum Gasteiger partial charge on any atom is -0.507 e. The number of phenols is 1. The van der Waals surface area contributed by atoms with E-state index in [1.54, 1.807) is 43.3 Å². The minimum absolute atomic E-state index is 0.00779. The number of rotatable bonds is 5. The maximum Gasteiger partial charge on any atom is 0.257 e. The number of aromatic nitrogens is 1. The van der Waals surface area contributed by atoms with E-state index in [-0.39, 0.29) is 22.9 Å². The van der Waals surface area contributed by atoms with Crippen molar-refractivity contribution in [1.82, 2.24) is 10.3 Å². The van der Waals surface area contributed by atoms with Gasteiger partial charge >= 0.3 is 0 Å². The third-order valence-corrected chi connectivity index (χ3v) is 6.05. The number of phenolic OH excluding ortho intramolecular Hbond substituents is 1. The van der Waals surface area contributed by atoms with Crippen LogP contribution >= 0.6 is 23.6 Å². The summed E-state index contributed by atoms with van der Waals surface area (Å²) in [5.74, 6) is 0.436. The number of aromatic hydroxyl groups is 1. The van der Waals surface area contributed by atoms with E-state index >= 15 is 0 Å². The highest BCUT2D eigenvalue weighted by atomic mass is 32.1. The third-order valence-electron chi connectivity index (χ3n) is 4.78. The molecule has 0 saturated heterocycles. The topological polar surface area (TPSA) is 83.5 Å². The van der Waals surface area contributed by atoms with Crippen molar-refractivity contribution in [2.24, 2.45) is 0 Å². The molecular formula is C25H23N3O3S2. The first-order valence-electron chi connectivity index (χ1n) is 10.4. The second-order valence-corrected chi connectivity index (χ2v) is 9.22. The standard InChI is InChI=1S/C25H23N3O3S2/c1-14(2)31-18-8-6-7-16(12-18)23(30)28-25(32)26-17-11-15(3)22(29)19(13-17)24-27-20-9-4-5-10-21(20)33-24/h4-14,29H,1-3H3,(H2,26,28,30,32). The van der Waals surface area contributed by atoms with Gasteiger partial charge in [0.05, 0.1) is 21.9 Å². The first-order valence-corrected chi connectivity index (χ1v) is 11.6. The Bertz CT molecular complexity index is 1310. The number of ether oxygens (including phenoxy) is 1. The van der Waals surface area contributed by atoms with Gasteiger partial charge in [0.15, 0.2) is 5.11 Å². The predicted molar refractivity (Wildman–Crippen MR) is 137 cm³/mol. The number of nitrogens with one attached hydrogen (secondary N) is 2. The maximum atomic E-state index is 12.6. The fourth-order valence-corrected chi connectivity index (χ4v) is 4.52. The van der Waals surface area contributed by atoms with Crippen molar-refractivity contribution < 1.29 is 14.6 Å². The number of aryl methyl sites for hydroxylation is 1. The zero-order chi connectivity index (χ0) is 23.5. The zero-order valence-corrected chi connectivity index (χ0v) is 20.0. The molecular weight excluding hydrogens is 454 g/mol. The van der Waals surface area contributed by atoms with Crippen LogP contribution < -0.4 is 15.4 Å². The largest absolute Gasteiger partial charge is 0.507 e. The molecule has 168 valence electrons. The lowest BCUT2D eigenvalue weighted by molar-refractivity contribution is 0.0977. The Morgan fingerprint density at radius 2 is 1.91 bits per heavy atom. The molecule has 0 bridgehead atoms. The number of benzene rings is 3. The molecule has 33 heavy (non-hydrogen) atoms. The summed E-state index contributed by atoms with van der Waals surface area (Å²) in [5.41, 5.74) is 3.23. The fourth-order valence-electron chi connectivity index (χ4n) is 3.32. The molecule has 1 amide bonds. The van der Waals surface area contributed by atoms with E-state index in [4.69, 9.17) is 17.0 Å². The Hall–Kier alpha value is -3.49. The highest BCUT2D eigenvalue weighted by Gasteiger charge is 2.15. The number of hydrogen-bond acceptors (Lipinski definition) is 6. The third kappa shape index (κ3) is 5.30. The van der Waals surface area contributed by atoms with E-state index < -0.39 is 0 Å². The van der Waals surface area contributed by atoms with Gasteiger partial charge in [0, 0.05) is 11.3 Å². The molecule has 1 aromatic heterocycles. The van der Waals surface area contributed by atoms with Crippen molar-refractivity contribution in [3.05, 3.63) is 71.8 Å². The van der Waals surface area contributed by atoms with Gasteiger partial charge in [0.1, 0.15) is 16.5 Å². The van der Waals surface area contributed by atoms with Crippen molar-refractivity contribution >= 4 is 50.5 Å². The van der Waals surface area contributed by atoms with Crippen molar-refractivity contribution in [3.8, 4) is 22.1 Å². The average molecular weight is 478 g/mol. The molecule has 3 aromatic carbocycles. The molecule has 0 fully saturated rings. The van der Waals surface area contributed by atoms with Gasteiger partial charge in [-0.1, -0.05) is 18.2 Å². The van der Waals surface area contributed by atoms with Gasteiger partial charge in [0.2, 0.25) is 0 Å². The zero-order valence-electron chi connectivity index (χ0n) is 18.4. The van der Waals surface area contributed by atoms with E-state index in [9.17, 15) is 9.90 Å². The van der Waals surface area contributed by atoms with Crippen LogP contribution in [0.1, 0.15) is 29.8 Å². The molecule has 0 aliphatic rings. The molecule has 1 heterocycles. The molecule has 0 saturated carbocycles. The normalized spacial score (nSPS) is 10.9. The van der Waals surface area contributed by atoms with Crippen LogP contribution in [0, 0.1) is 6.92 Å². The molecule has 0 unspecified atom stereocenters. The lowest BCUT2D eigenvalue weighted by Crippen LogP contribution is -2.34. The van der Waals surface area contributed by atoms with E-state index in [2.05, 4.69) is 15.6 Å². The minimum atomic E-state index is -0.344. The maximum absolute atomic E-state index is 12.6. The molecule has 0 radical (unpaired) electrons. The first-order chi connectivity index (χ1) is 15.8. The Morgan fingerprint density at radius 1 is 1.12 bits per heavy atom. The van der Waals surface area contributed by atoms with Gasteiger partial charge in [-0.25, -0.2) is 4.98 Å². The van der Waals surface area contributed by atoms with Crippen LogP contribution in [-0.2, 0) is 0 Å². The SMILES string of the molecule is Cc1cc(NC(=S)NC(=O)c2cccc(OC(C)C)c2)cc(-c2nc3ccccc3s2)c1O. The highest BCUT2D eigenvalue weighted by molar-refractivity contribution is 7.80. The molecule has 0 spiro atoms. The Kier molecular flexibility index (Phi) is 6.57. The van der Waals surface area contributed by atoms with E-state index in [0.29, 0.717) is 33.1 Å². The molecule has 4 rings (SSSR count). The Balaban J connectivity index is 1.52. The Labute approximate surface area is 201 Å². The smallest absolute Gasteiger partial charge is 0.257 e. The average Bonchev–Trinajstić information content (AvgIpc) is 3.20. The molecule has 4 aromatic rings. The molecule has 0 atom stereocenters.